The van der Waals surface area contributed by atoms with Crippen LogP contribution < -0.4 is 5.56 Å². The number of rotatable bonds is 2. The van der Waals surface area contributed by atoms with Crippen molar-refractivity contribution < 1.29 is 4.74 Å². The fourth-order valence-electron chi connectivity index (χ4n) is 3.35. The molecule has 3 aromatic rings. The summed E-state index contributed by atoms with van der Waals surface area (Å²) in [5.41, 5.74) is 2.84. The van der Waals surface area contributed by atoms with E-state index in [-0.39, 0.29) is 5.56 Å². The van der Waals surface area contributed by atoms with Gasteiger partial charge in [-0.1, -0.05) is 36.1 Å². The summed E-state index contributed by atoms with van der Waals surface area (Å²) in [5.74, 6) is 6.42. The lowest BCUT2D eigenvalue weighted by molar-refractivity contribution is 0.0443. The summed E-state index contributed by atoms with van der Waals surface area (Å²) in [6.07, 6.45) is 1.84. The number of aryl methyl sites for hydroxylation is 1. The second kappa shape index (κ2) is 7.79. The maximum Gasteiger partial charge on any atom is 0.263 e. The number of ether oxygens (including phenoxy) is 1. The van der Waals surface area contributed by atoms with Gasteiger partial charge in [-0.3, -0.25) is 14.3 Å². The van der Waals surface area contributed by atoms with Gasteiger partial charge >= 0.3 is 0 Å². The maximum atomic E-state index is 13.0. The Morgan fingerprint density at radius 1 is 1.07 bits per heavy atom. The standard InChI is InChI=1S/C23H22N2O2/c1-18-5-2-3-7-22(18)25-12-10-20-9-8-19(17-21(20)23(25)26)6-4-11-24-13-15-27-16-14-24/h2-3,5,7-10,12,17H,11,13-16H2,1H3. The van der Waals surface area contributed by atoms with Crippen LogP contribution in [0.5, 0.6) is 0 Å². The van der Waals surface area contributed by atoms with Gasteiger partial charge in [0.25, 0.3) is 5.56 Å². The highest BCUT2D eigenvalue weighted by atomic mass is 16.5. The van der Waals surface area contributed by atoms with Crippen molar-refractivity contribution in [1.82, 2.24) is 9.47 Å². The van der Waals surface area contributed by atoms with Gasteiger partial charge < -0.3 is 4.74 Å². The second-order valence-corrected chi connectivity index (χ2v) is 6.77. The van der Waals surface area contributed by atoms with E-state index in [1.54, 1.807) is 4.57 Å². The van der Waals surface area contributed by atoms with Crippen LogP contribution in [0.3, 0.4) is 0 Å². The van der Waals surface area contributed by atoms with E-state index >= 15 is 0 Å². The van der Waals surface area contributed by atoms with E-state index in [0.717, 1.165) is 55.0 Å². The maximum absolute atomic E-state index is 13.0. The summed E-state index contributed by atoms with van der Waals surface area (Å²) in [6.45, 7) is 6.14. The van der Waals surface area contributed by atoms with Gasteiger partial charge in [0.2, 0.25) is 0 Å². The number of aromatic nitrogens is 1. The molecule has 2 heterocycles. The molecule has 136 valence electrons. The number of hydrogen-bond donors (Lipinski definition) is 0. The molecule has 1 aromatic heterocycles. The molecule has 1 fully saturated rings. The first-order valence-electron chi connectivity index (χ1n) is 9.23. The summed E-state index contributed by atoms with van der Waals surface area (Å²) in [7, 11) is 0. The quantitative estimate of drug-likeness (QED) is 0.661. The molecule has 2 aromatic carbocycles. The van der Waals surface area contributed by atoms with Crippen LogP contribution in [-0.4, -0.2) is 42.3 Å². The predicted molar refractivity (Wildman–Crippen MR) is 108 cm³/mol. The van der Waals surface area contributed by atoms with Crippen LogP contribution in [0.4, 0.5) is 0 Å². The third-order valence-electron chi connectivity index (χ3n) is 4.92. The summed E-state index contributed by atoms with van der Waals surface area (Å²) in [6, 6.07) is 15.7. The lowest BCUT2D eigenvalue weighted by Gasteiger charge is -2.24. The number of morpholine rings is 1. The highest BCUT2D eigenvalue weighted by molar-refractivity contribution is 5.83. The molecular formula is C23H22N2O2. The molecule has 4 rings (SSSR count). The average molecular weight is 358 g/mol. The number of para-hydroxylation sites is 1. The minimum atomic E-state index is -0.0152. The summed E-state index contributed by atoms with van der Waals surface area (Å²) in [4.78, 5) is 15.3. The molecule has 0 N–H and O–H groups in total. The molecule has 1 saturated heterocycles. The van der Waals surface area contributed by atoms with Crippen LogP contribution >= 0.6 is 0 Å². The molecule has 4 heteroatoms. The number of nitrogens with zero attached hydrogens (tertiary/aromatic N) is 2. The largest absolute Gasteiger partial charge is 0.379 e. The van der Waals surface area contributed by atoms with Gasteiger partial charge in [-0.25, -0.2) is 0 Å². The summed E-state index contributed by atoms with van der Waals surface area (Å²) < 4.78 is 7.07. The average Bonchev–Trinajstić information content (AvgIpc) is 2.70. The normalized spacial score (nSPS) is 14.7. The smallest absolute Gasteiger partial charge is 0.263 e. The molecule has 1 aliphatic heterocycles. The summed E-state index contributed by atoms with van der Waals surface area (Å²) >= 11 is 0. The fourth-order valence-corrected chi connectivity index (χ4v) is 3.35. The molecule has 0 saturated carbocycles. The number of benzene rings is 2. The zero-order valence-electron chi connectivity index (χ0n) is 15.4. The highest BCUT2D eigenvalue weighted by Crippen LogP contribution is 2.16. The molecule has 0 spiro atoms. The third kappa shape index (κ3) is 3.80. The van der Waals surface area contributed by atoms with Gasteiger partial charge in [0.1, 0.15) is 0 Å². The first-order chi connectivity index (χ1) is 13.2. The molecule has 27 heavy (non-hydrogen) atoms. The van der Waals surface area contributed by atoms with Gasteiger partial charge in [-0.2, -0.15) is 0 Å². The van der Waals surface area contributed by atoms with E-state index in [1.807, 2.05) is 61.7 Å². The highest BCUT2D eigenvalue weighted by Gasteiger charge is 2.08. The Hall–Kier alpha value is -2.87. The SMILES string of the molecule is Cc1ccccc1-n1ccc2ccc(C#CCN3CCOCC3)cc2c1=O. The lowest BCUT2D eigenvalue weighted by atomic mass is 10.1. The number of fused-ring (bicyclic) bond motifs is 1. The van der Waals surface area contributed by atoms with Gasteiger partial charge in [0.05, 0.1) is 25.4 Å². The van der Waals surface area contributed by atoms with Crippen molar-refractivity contribution in [2.45, 2.75) is 6.92 Å². The van der Waals surface area contributed by atoms with Crippen molar-refractivity contribution in [3.05, 3.63) is 76.2 Å². The first-order valence-corrected chi connectivity index (χ1v) is 9.23. The molecule has 0 aliphatic carbocycles. The molecule has 0 radical (unpaired) electrons. The molecule has 0 atom stereocenters. The van der Waals surface area contributed by atoms with E-state index in [0.29, 0.717) is 5.39 Å². The van der Waals surface area contributed by atoms with Crippen LogP contribution in [0.1, 0.15) is 11.1 Å². The molecule has 1 aliphatic rings. The third-order valence-corrected chi connectivity index (χ3v) is 4.92. The Kier molecular flexibility index (Phi) is 5.06. The molecule has 4 nitrogen and oxygen atoms in total. The molecule has 0 unspecified atom stereocenters. The van der Waals surface area contributed by atoms with E-state index < -0.39 is 0 Å². The van der Waals surface area contributed by atoms with Gasteiger partial charge in [0, 0.05) is 30.2 Å². The van der Waals surface area contributed by atoms with E-state index in [4.69, 9.17) is 4.74 Å². The molecule has 0 amide bonds. The van der Waals surface area contributed by atoms with Gasteiger partial charge in [0.15, 0.2) is 0 Å². The van der Waals surface area contributed by atoms with Crippen molar-refractivity contribution in [2.75, 3.05) is 32.8 Å². The van der Waals surface area contributed by atoms with Crippen molar-refractivity contribution in [2.24, 2.45) is 0 Å². The van der Waals surface area contributed by atoms with E-state index in [2.05, 4.69) is 16.7 Å². The van der Waals surface area contributed by atoms with Crippen LogP contribution in [0.15, 0.2) is 59.5 Å². The van der Waals surface area contributed by atoms with Crippen LogP contribution in [0.25, 0.3) is 16.5 Å². The van der Waals surface area contributed by atoms with Gasteiger partial charge in [-0.15, -0.1) is 0 Å². The van der Waals surface area contributed by atoms with Crippen LogP contribution in [0.2, 0.25) is 0 Å². The van der Waals surface area contributed by atoms with Crippen molar-refractivity contribution in [3.8, 4) is 17.5 Å². The monoisotopic (exact) mass is 358 g/mol. The van der Waals surface area contributed by atoms with Crippen LogP contribution in [-0.2, 0) is 4.74 Å². The van der Waals surface area contributed by atoms with Gasteiger partial charge in [-0.05, 0) is 42.1 Å². The Bertz CT molecular complexity index is 1080. The number of pyridine rings is 1. The predicted octanol–water partition coefficient (Wildman–Crippen LogP) is 2.98. The Balaban J connectivity index is 1.66. The fraction of sp³-hybridized carbons (Fsp3) is 0.261. The molecule has 0 bridgehead atoms. The zero-order valence-corrected chi connectivity index (χ0v) is 15.4. The lowest BCUT2D eigenvalue weighted by Crippen LogP contribution is -2.36. The Morgan fingerprint density at radius 3 is 2.70 bits per heavy atom. The van der Waals surface area contributed by atoms with Crippen molar-refractivity contribution in [3.63, 3.8) is 0 Å². The second-order valence-electron chi connectivity index (χ2n) is 6.77. The number of hydrogen-bond acceptors (Lipinski definition) is 3. The minimum Gasteiger partial charge on any atom is -0.379 e. The topological polar surface area (TPSA) is 34.5 Å². The van der Waals surface area contributed by atoms with Crippen molar-refractivity contribution >= 4 is 10.8 Å². The minimum absolute atomic E-state index is 0.0152. The van der Waals surface area contributed by atoms with E-state index in [1.165, 1.54) is 0 Å². The first kappa shape index (κ1) is 17.5. The Morgan fingerprint density at radius 2 is 1.89 bits per heavy atom. The van der Waals surface area contributed by atoms with Crippen molar-refractivity contribution in [1.29, 1.82) is 0 Å². The zero-order chi connectivity index (χ0) is 18.6. The summed E-state index contributed by atoms with van der Waals surface area (Å²) in [5, 5.41) is 1.63. The van der Waals surface area contributed by atoms with Crippen LogP contribution in [0, 0.1) is 18.8 Å². The van der Waals surface area contributed by atoms with E-state index in [9.17, 15) is 4.79 Å². The Labute approximate surface area is 159 Å². The molecular weight excluding hydrogens is 336 g/mol.